The highest BCUT2D eigenvalue weighted by molar-refractivity contribution is 5.15. The molecule has 282 valence electrons. The van der Waals surface area contributed by atoms with Crippen molar-refractivity contribution in [3.8, 4) is 0 Å². The van der Waals surface area contributed by atoms with Crippen molar-refractivity contribution < 1.29 is 14.2 Å². The van der Waals surface area contributed by atoms with Crippen molar-refractivity contribution in [3.05, 3.63) is 0 Å². The minimum Gasteiger partial charge on any atom is -0.378 e. The molecule has 4 fully saturated rings. The molecule has 4 aliphatic carbocycles. The predicted octanol–water partition coefficient (Wildman–Crippen LogP) is 7.43. The Morgan fingerprint density at radius 1 is 0.708 bits per heavy atom. The van der Waals surface area contributed by atoms with Gasteiger partial charge in [0.05, 0.1) is 18.3 Å². The molecule has 0 aromatic rings. The molecule has 7 nitrogen and oxygen atoms in total. The Hall–Kier alpha value is -0.280. The van der Waals surface area contributed by atoms with Crippen molar-refractivity contribution in [2.75, 3.05) is 52.5 Å². The van der Waals surface area contributed by atoms with Gasteiger partial charge in [0.1, 0.15) is 0 Å². The van der Waals surface area contributed by atoms with Crippen LogP contribution in [0.25, 0.3) is 0 Å². The van der Waals surface area contributed by atoms with Gasteiger partial charge in [0.2, 0.25) is 0 Å². The number of nitrogens with one attached hydrogen (secondary N) is 1. The average molecular weight is 677 g/mol. The van der Waals surface area contributed by atoms with Crippen molar-refractivity contribution in [1.29, 1.82) is 0 Å². The van der Waals surface area contributed by atoms with Crippen LogP contribution in [-0.2, 0) is 14.2 Å². The summed E-state index contributed by atoms with van der Waals surface area (Å²) in [5.74, 6) is 3.92. The maximum absolute atomic E-state index is 7.03. The molecule has 0 heterocycles. The van der Waals surface area contributed by atoms with Gasteiger partial charge in [0, 0.05) is 25.2 Å². The third kappa shape index (κ3) is 9.98. The molecule has 7 N–H and O–H groups in total. The normalized spacial score (nSPS) is 36.8. The highest BCUT2D eigenvalue weighted by Crippen LogP contribution is 2.69. The van der Waals surface area contributed by atoms with Crippen LogP contribution in [0.3, 0.4) is 0 Å². The van der Waals surface area contributed by atoms with Crippen LogP contribution in [0, 0.1) is 46.3 Å². The molecule has 0 aromatic heterocycles. The van der Waals surface area contributed by atoms with E-state index in [0.29, 0.717) is 78.9 Å². The van der Waals surface area contributed by atoms with Gasteiger partial charge in [-0.3, -0.25) is 0 Å². The average Bonchev–Trinajstić information content (AvgIpc) is 3.44. The van der Waals surface area contributed by atoms with Crippen LogP contribution in [0.4, 0.5) is 0 Å². The molecular weight excluding hydrogens is 596 g/mol. The molecular formula is C41H80N4O3. The number of unbranched alkanes of at least 4 members (excludes halogenated alkanes) is 5. The highest BCUT2D eigenvalue weighted by atomic mass is 16.5. The van der Waals surface area contributed by atoms with E-state index in [0.717, 1.165) is 52.0 Å². The summed E-state index contributed by atoms with van der Waals surface area (Å²) in [5, 5.41) is 3.77. The fraction of sp³-hybridized carbons (Fsp3) is 1.00. The Labute approximate surface area is 296 Å². The molecule has 0 aromatic carbocycles. The summed E-state index contributed by atoms with van der Waals surface area (Å²) in [6, 6.07) is 0. The first-order chi connectivity index (χ1) is 23.3. The molecule has 4 saturated carbocycles. The van der Waals surface area contributed by atoms with Crippen LogP contribution in [-0.4, -0.2) is 70.9 Å². The summed E-state index contributed by atoms with van der Waals surface area (Å²) in [5.41, 5.74) is 18.3. The standard InChI is InChI=1S/C41H80N4O3/c1-5-6-7-8-9-10-23-45-24-11-15-31(2)34-16-17-35-39-36(30-38(41(34,35)4)48-27-14-22-44)40(3)19-18-33(46-25-12-20-42)28-32(40)29-37(39)47-26-13-21-43/h31-39,45H,5-30,42-44H2,1-4H3/t31?,32-,33+,34?,35-,36-,37+,38-,39?,40?,41?/m0/s1. The molecule has 48 heavy (non-hydrogen) atoms. The summed E-state index contributed by atoms with van der Waals surface area (Å²) in [7, 11) is 0. The quantitative estimate of drug-likeness (QED) is 0.0786. The maximum Gasteiger partial charge on any atom is 0.0637 e. The van der Waals surface area contributed by atoms with Gasteiger partial charge in [0.25, 0.3) is 0 Å². The van der Waals surface area contributed by atoms with Crippen molar-refractivity contribution in [1.82, 2.24) is 5.32 Å². The zero-order chi connectivity index (χ0) is 34.4. The van der Waals surface area contributed by atoms with E-state index in [4.69, 9.17) is 31.4 Å². The number of nitrogens with two attached hydrogens (primary N) is 3. The van der Waals surface area contributed by atoms with Crippen LogP contribution >= 0.6 is 0 Å². The van der Waals surface area contributed by atoms with Crippen molar-refractivity contribution >= 4 is 0 Å². The summed E-state index contributed by atoms with van der Waals surface area (Å²) in [6.45, 7) is 17.0. The lowest BCUT2D eigenvalue weighted by Gasteiger charge is -2.65. The molecule has 11 atom stereocenters. The Bertz CT molecular complexity index is 879. The fourth-order valence-corrected chi connectivity index (χ4v) is 11.5. The molecule has 0 spiro atoms. The van der Waals surface area contributed by atoms with E-state index in [1.807, 2.05) is 0 Å². The second kappa shape index (κ2) is 20.7. The Kier molecular flexibility index (Phi) is 17.4. The first-order valence-electron chi connectivity index (χ1n) is 21.0. The van der Waals surface area contributed by atoms with Gasteiger partial charge in [-0.25, -0.2) is 0 Å². The second-order valence-electron chi connectivity index (χ2n) is 17.1. The van der Waals surface area contributed by atoms with Gasteiger partial charge >= 0.3 is 0 Å². The summed E-state index contributed by atoms with van der Waals surface area (Å²) < 4.78 is 20.4. The van der Waals surface area contributed by atoms with E-state index in [1.165, 1.54) is 96.4 Å². The molecule has 7 heteroatoms. The summed E-state index contributed by atoms with van der Waals surface area (Å²) in [6.07, 6.45) is 23.2. The molecule has 4 rings (SSSR count). The van der Waals surface area contributed by atoms with E-state index < -0.39 is 0 Å². The van der Waals surface area contributed by atoms with Gasteiger partial charge in [-0.1, -0.05) is 59.8 Å². The van der Waals surface area contributed by atoms with Crippen molar-refractivity contribution in [2.24, 2.45) is 63.5 Å². The van der Waals surface area contributed by atoms with E-state index >= 15 is 0 Å². The van der Waals surface area contributed by atoms with E-state index in [1.54, 1.807) is 0 Å². The number of ether oxygens (including phenoxy) is 3. The van der Waals surface area contributed by atoms with Crippen molar-refractivity contribution in [3.63, 3.8) is 0 Å². The number of fused-ring (bicyclic) bond motifs is 5. The zero-order valence-electron chi connectivity index (χ0n) is 32.0. The van der Waals surface area contributed by atoms with Gasteiger partial charge in [0.15, 0.2) is 0 Å². The van der Waals surface area contributed by atoms with Gasteiger partial charge in [-0.05, 0) is 157 Å². The van der Waals surface area contributed by atoms with Gasteiger partial charge in [-0.15, -0.1) is 0 Å². The summed E-state index contributed by atoms with van der Waals surface area (Å²) >= 11 is 0. The molecule has 0 bridgehead atoms. The Morgan fingerprint density at radius 3 is 2.10 bits per heavy atom. The topological polar surface area (TPSA) is 118 Å². The van der Waals surface area contributed by atoms with E-state index in [2.05, 4.69) is 33.0 Å². The molecule has 0 saturated heterocycles. The maximum atomic E-state index is 7.03. The SMILES string of the molecule is CCCCCCCCNCCCC(C)C1CC[C@H]2C3[C@H](OCCCN)C[C@@H]4C[C@H](OCCCN)CCC4(C)[C@H]3C[C@H](OCCCN)C12C. The fourth-order valence-electron chi connectivity index (χ4n) is 11.5. The van der Waals surface area contributed by atoms with Gasteiger partial charge in [-0.2, -0.15) is 0 Å². The monoisotopic (exact) mass is 677 g/mol. The summed E-state index contributed by atoms with van der Waals surface area (Å²) in [4.78, 5) is 0. The lowest BCUT2D eigenvalue weighted by atomic mass is 9.43. The van der Waals surface area contributed by atoms with E-state index in [-0.39, 0.29) is 5.41 Å². The first-order valence-corrected chi connectivity index (χ1v) is 21.0. The first kappa shape index (κ1) is 40.5. The molecule has 0 aliphatic heterocycles. The van der Waals surface area contributed by atoms with Crippen LogP contribution in [0.15, 0.2) is 0 Å². The molecule has 5 unspecified atom stereocenters. The minimum absolute atomic E-state index is 0.183. The Balaban J connectivity index is 1.46. The molecule has 0 amide bonds. The second-order valence-corrected chi connectivity index (χ2v) is 17.1. The Morgan fingerprint density at radius 2 is 1.38 bits per heavy atom. The van der Waals surface area contributed by atoms with Crippen LogP contribution < -0.4 is 22.5 Å². The van der Waals surface area contributed by atoms with Gasteiger partial charge < -0.3 is 36.7 Å². The van der Waals surface area contributed by atoms with Crippen LogP contribution in [0.1, 0.15) is 143 Å². The van der Waals surface area contributed by atoms with Crippen LogP contribution in [0.5, 0.6) is 0 Å². The molecule has 0 radical (unpaired) electrons. The lowest BCUT2D eigenvalue weighted by Crippen LogP contribution is -2.63. The number of rotatable bonds is 24. The highest BCUT2D eigenvalue weighted by Gasteiger charge is 2.66. The molecule has 4 aliphatic rings. The van der Waals surface area contributed by atoms with Crippen LogP contribution in [0.2, 0.25) is 0 Å². The number of hydrogen-bond donors (Lipinski definition) is 4. The third-order valence-corrected chi connectivity index (χ3v) is 14.2. The van der Waals surface area contributed by atoms with E-state index in [9.17, 15) is 0 Å². The zero-order valence-corrected chi connectivity index (χ0v) is 32.0. The van der Waals surface area contributed by atoms with Crippen molar-refractivity contribution in [2.45, 2.75) is 162 Å². The predicted molar refractivity (Wildman–Crippen MR) is 201 cm³/mol. The minimum atomic E-state index is 0.183. The smallest absolute Gasteiger partial charge is 0.0637 e. The largest absolute Gasteiger partial charge is 0.378 e. The lowest BCUT2D eigenvalue weighted by molar-refractivity contribution is -0.227. The third-order valence-electron chi connectivity index (χ3n) is 14.2. The number of hydrogen-bond acceptors (Lipinski definition) is 7.